The molecule has 1 N–H and O–H groups in total. The Labute approximate surface area is 103 Å². The van der Waals surface area contributed by atoms with E-state index in [9.17, 15) is 4.79 Å². The van der Waals surface area contributed by atoms with Gasteiger partial charge in [-0.1, -0.05) is 0 Å². The number of hydrogen-bond donors (Lipinski definition) is 1. The molecule has 2 heterocycles. The molecule has 0 saturated heterocycles. The Bertz CT molecular complexity index is 565. The molecule has 0 saturated carbocycles. The minimum absolute atomic E-state index is 0.0479. The van der Waals surface area contributed by atoms with Crippen LogP contribution in [0.25, 0.3) is 0 Å². The van der Waals surface area contributed by atoms with Gasteiger partial charge in [-0.15, -0.1) is 0 Å². The highest BCUT2D eigenvalue weighted by Gasteiger charge is 2.15. The van der Waals surface area contributed by atoms with Gasteiger partial charge in [-0.3, -0.25) is 4.68 Å². The van der Waals surface area contributed by atoms with Gasteiger partial charge in [-0.25, -0.2) is 14.8 Å². The lowest BCUT2D eigenvalue weighted by atomic mass is 10.4. The molecule has 0 aliphatic rings. The molecule has 7 heteroatoms. The van der Waals surface area contributed by atoms with Crippen molar-refractivity contribution in [3.05, 3.63) is 30.5 Å². The number of hydrogen-bond acceptors (Lipinski definition) is 5. The number of carbonyl (C=O) groups is 1. The number of aromatic nitrogens is 4. The highest BCUT2D eigenvalue weighted by atomic mass is 16.5. The van der Waals surface area contributed by atoms with Crippen LogP contribution in [0.15, 0.2) is 24.8 Å². The van der Waals surface area contributed by atoms with E-state index in [-0.39, 0.29) is 17.6 Å². The molecule has 0 fully saturated rings. The minimum Gasteiger partial charge on any atom is -0.476 e. The first-order valence-electron chi connectivity index (χ1n) is 5.34. The fraction of sp³-hybridized carbons (Fsp3) is 0.273. The zero-order valence-corrected chi connectivity index (χ0v) is 9.94. The summed E-state index contributed by atoms with van der Waals surface area (Å²) in [7, 11) is 0. The maximum Gasteiger partial charge on any atom is 0.360 e. The van der Waals surface area contributed by atoms with E-state index < -0.39 is 5.97 Å². The molecule has 2 aromatic heterocycles. The number of aromatic carboxylic acids is 1. The van der Waals surface area contributed by atoms with Crippen LogP contribution in [0.2, 0.25) is 0 Å². The summed E-state index contributed by atoms with van der Waals surface area (Å²) in [6.45, 7) is 3.95. The standard InChI is InChI=1S/C11H12N4O3/c1-7(2)15-6-8(5-14-15)18-10-9(11(16)17)12-3-4-13-10/h3-7H,1-2H3,(H,16,17). The molecule has 0 aliphatic carbocycles. The van der Waals surface area contributed by atoms with E-state index in [0.717, 1.165) is 0 Å². The van der Waals surface area contributed by atoms with E-state index in [1.165, 1.54) is 18.6 Å². The summed E-state index contributed by atoms with van der Waals surface area (Å²) in [4.78, 5) is 18.5. The van der Waals surface area contributed by atoms with Crippen molar-refractivity contribution in [1.29, 1.82) is 0 Å². The molecule has 0 aliphatic heterocycles. The topological polar surface area (TPSA) is 90.1 Å². The average Bonchev–Trinajstić information content (AvgIpc) is 2.78. The Morgan fingerprint density at radius 2 is 2.11 bits per heavy atom. The molecule has 0 spiro atoms. The zero-order valence-electron chi connectivity index (χ0n) is 9.94. The highest BCUT2D eigenvalue weighted by molar-refractivity contribution is 5.87. The Kier molecular flexibility index (Phi) is 3.22. The van der Waals surface area contributed by atoms with Crippen molar-refractivity contribution in [3.8, 4) is 11.6 Å². The number of rotatable bonds is 4. The van der Waals surface area contributed by atoms with Gasteiger partial charge in [0.05, 0.1) is 12.4 Å². The van der Waals surface area contributed by atoms with Crippen LogP contribution in [0, 0.1) is 0 Å². The largest absolute Gasteiger partial charge is 0.476 e. The fourth-order valence-electron chi connectivity index (χ4n) is 1.31. The number of carboxylic acids is 1. The predicted molar refractivity (Wildman–Crippen MR) is 61.7 cm³/mol. The van der Waals surface area contributed by atoms with Crippen LogP contribution in [0.3, 0.4) is 0 Å². The van der Waals surface area contributed by atoms with Gasteiger partial charge in [-0.2, -0.15) is 5.10 Å². The second-order valence-corrected chi connectivity index (χ2v) is 3.87. The smallest absolute Gasteiger partial charge is 0.360 e. The summed E-state index contributed by atoms with van der Waals surface area (Å²) >= 11 is 0. The van der Waals surface area contributed by atoms with Crippen molar-refractivity contribution >= 4 is 5.97 Å². The van der Waals surface area contributed by atoms with Gasteiger partial charge in [0.15, 0.2) is 5.75 Å². The molecule has 7 nitrogen and oxygen atoms in total. The summed E-state index contributed by atoms with van der Waals surface area (Å²) in [5.41, 5.74) is -0.227. The van der Waals surface area contributed by atoms with E-state index in [2.05, 4.69) is 15.1 Å². The first kappa shape index (κ1) is 12.0. The normalized spacial score (nSPS) is 10.6. The lowest BCUT2D eigenvalue weighted by Gasteiger charge is -2.04. The van der Waals surface area contributed by atoms with E-state index in [1.54, 1.807) is 10.9 Å². The van der Waals surface area contributed by atoms with Crippen LogP contribution in [-0.2, 0) is 0 Å². The van der Waals surface area contributed by atoms with E-state index >= 15 is 0 Å². The summed E-state index contributed by atoms with van der Waals surface area (Å²) in [6.07, 6.45) is 5.84. The second-order valence-electron chi connectivity index (χ2n) is 3.87. The van der Waals surface area contributed by atoms with Crippen LogP contribution in [0.1, 0.15) is 30.4 Å². The summed E-state index contributed by atoms with van der Waals surface area (Å²) in [6, 6.07) is 0.197. The Hall–Kier alpha value is -2.44. The third-order valence-electron chi connectivity index (χ3n) is 2.19. The van der Waals surface area contributed by atoms with Gasteiger partial charge in [0.1, 0.15) is 0 Å². The number of ether oxygens (including phenoxy) is 1. The van der Waals surface area contributed by atoms with Gasteiger partial charge in [-0.05, 0) is 13.8 Å². The van der Waals surface area contributed by atoms with E-state index in [0.29, 0.717) is 5.75 Å². The minimum atomic E-state index is -1.19. The maximum absolute atomic E-state index is 10.9. The number of nitrogens with zero attached hydrogens (tertiary/aromatic N) is 4. The first-order chi connectivity index (χ1) is 8.58. The van der Waals surface area contributed by atoms with Gasteiger partial charge < -0.3 is 9.84 Å². The number of carboxylic acid groups (broad SMARTS) is 1. The second kappa shape index (κ2) is 4.82. The van der Waals surface area contributed by atoms with Crippen molar-refractivity contribution in [2.24, 2.45) is 0 Å². The Morgan fingerprint density at radius 1 is 1.39 bits per heavy atom. The van der Waals surface area contributed by atoms with Crippen molar-refractivity contribution in [2.45, 2.75) is 19.9 Å². The quantitative estimate of drug-likeness (QED) is 0.886. The van der Waals surface area contributed by atoms with Crippen LogP contribution >= 0.6 is 0 Å². The lowest BCUT2D eigenvalue weighted by molar-refractivity contribution is 0.0686. The van der Waals surface area contributed by atoms with Crippen LogP contribution in [0.4, 0.5) is 0 Å². The van der Waals surface area contributed by atoms with Gasteiger partial charge in [0, 0.05) is 18.4 Å². The zero-order chi connectivity index (χ0) is 13.1. The summed E-state index contributed by atoms with van der Waals surface area (Å²) in [5, 5.41) is 13.0. The molecular formula is C11H12N4O3. The predicted octanol–water partition coefficient (Wildman–Crippen LogP) is 1.74. The monoisotopic (exact) mass is 248 g/mol. The molecule has 2 rings (SSSR count). The molecule has 0 aromatic carbocycles. The third-order valence-corrected chi connectivity index (χ3v) is 2.19. The Morgan fingerprint density at radius 3 is 2.72 bits per heavy atom. The van der Waals surface area contributed by atoms with Crippen LogP contribution < -0.4 is 4.74 Å². The maximum atomic E-state index is 10.9. The van der Waals surface area contributed by atoms with Gasteiger partial charge in [0.25, 0.3) is 5.88 Å². The molecule has 0 unspecified atom stereocenters. The highest BCUT2D eigenvalue weighted by Crippen LogP contribution is 2.21. The molecule has 94 valence electrons. The SMILES string of the molecule is CC(C)n1cc(Oc2nccnc2C(=O)O)cn1. The lowest BCUT2D eigenvalue weighted by Crippen LogP contribution is -2.04. The summed E-state index contributed by atoms with van der Waals surface area (Å²) < 4.78 is 7.06. The molecule has 18 heavy (non-hydrogen) atoms. The fourth-order valence-corrected chi connectivity index (χ4v) is 1.31. The molecule has 0 amide bonds. The van der Waals surface area contributed by atoms with E-state index in [4.69, 9.17) is 9.84 Å². The molecule has 2 aromatic rings. The van der Waals surface area contributed by atoms with Gasteiger partial charge in [0.2, 0.25) is 5.69 Å². The van der Waals surface area contributed by atoms with Crippen LogP contribution in [0.5, 0.6) is 11.6 Å². The van der Waals surface area contributed by atoms with Gasteiger partial charge >= 0.3 is 5.97 Å². The van der Waals surface area contributed by atoms with E-state index in [1.807, 2.05) is 13.8 Å². The molecular weight excluding hydrogens is 236 g/mol. The summed E-state index contributed by atoms with van der Waals surface area (Å²) in [5.74, 6) is -0.811. The molecule has 0 atom stereocenters. The third kappa shape index (κ3) is 2.45. The van der Waals surface area contributed by atoms with Crippen molar-refractivity contribution in [2.75, 3.05) is 0 Å². The van der Waals surface area contributed by atoms with Crippen molar-refractivity contribution in [1.82, 2.24) is 19.7 Å². The van der Waals surface area contributed by atoms with Crippen LogP contribution in [-0.4, -0.2) is 30.8 Å². The first-order valence-corrected chi connectivity index (χ1v) is 5.34. The van der Waals surface area contributed by atoms with Crippen molar-refractivity contribution < 1.29 is 14.6 Å². The molecule has 0 bridgehead atoms. The van der Waals surface area contributed by atoms with Crippen molar-refractivity contribution in [3.63, 3.8) is 0 Å². The molecule has 0 radical (unpaired) electrons. The average molecular weight is 248 g/mol. The Balaban J connectivity index is 2.25.